The number of thiazole rings is 1. The van der Waals surface area contributed by atoms with E-state index in [0.717, 1.165) is 11.1 Å². The van der Waals surface area contributed by atoms with Crippen molar-refractivity contribution in [3.05, 3.63) is 80.2 Å². The molecule has 0 aliphatic carbocycles. The molecule has 7 nitrogen and oxygen atoms in total. The maximum Gasteiger partial charge on any atom is 0.337 e. The number of methoxy groups -OCH3 is 1. The molecule has 0 radical (unpaired) electrons. The molecule has 3 rings (SSSR count). The molecule has 0 aliphatic rings. The minimum Gasteiger partial charge on any atom is -0.465 e. The third-order valence-corrected chi connectivity index (χ3v) is 4.75. The fraction of sp³-hybridized carbons (Fsp3) is 0.0500. The van der Waals surface area contributed by atoms with Gasteiger partial charge in [-0.1, -0.05) is 12.1 Å². The van der Waals surface area contributed by atoms with Gasteiger partial charge in [-0.15, -0.1) is 11.3 Å². The van der Waals surface area contributed by atoms with Gasteiger partial charge in [0.25, 0.3) is 5.69 Å². The van der Waals surface area contributed by atoms with Crippen LogP contribution < -0.4 is 0 Å². The van der Waals surface area contributed by atoms with Crippen LogP contribution in [0.15, 0.2) is 53.9 Å². The van der Waals surface area contributed by atoms with Crippen molar-refractivity contribution in [3.63, 3.8) is 0 Å². The van der Waals surface area contributed by atoms with E-state index >= 15 is 0 Å². The van der Waals surface area contributed by atoms with Crippen LogP contribution in [0.1, 0.15) is 20.9 Å². The molecule has 0 unspecified atom stereocenters. The number of nitro groups is 1. The van der Waals surface area contributed by atoms with Crippen molar-refractivity contribution in [1.29, 1.82) is 5.26 Å². The van der Waals surface area contributed by atoms with Crippen LogP contribution in [-0.2, 0) is 4.74 Å². The van der Waals surface area contributed by atoms with Crippen LogP contribution in [0.5, 0.6) is 0 Å². The molecule has 0 spiro atoms. The van der Waals surface area contributed by atoms with Crippen molar-refractivity contribution in [1.82, 2.24) is 4.98 Å². The van der Waals surface area contributed by atoms with E-state index in [9.17, 15) is 20.2 Å². The largest absolute Gasteiger partial charge is 0.465 e. The van der Waals surface area contributed by atoms with Crippen molar-refractivity contribution in [2.45, 2.75) is 0 Å². The molecule has 138 valence electrons. The summed E-state index contributed by atoms with van der Waals surface area (Å²) >= 11 is 1.31. The average molecular weight is 391 g/mol. The number of allylic oxidation sites excluding steroid dienone is 1. The van der Waals surface area contributed by atoms with Gasteiger partial charge in [-0.05, 0) is 35.9 Å². The van der Waals surface area contributed by atoms with E-state index < -0.39 is 10.9 Å². The maximum atomic E-state index is 11.5. The number of carbonyl (C=O) groups is 1. The Hall–Kier alpha value is -3.83. The van der Waals surface area contributed by atoms with Gasteiger partial charge in [-0.2, -0.15) is 5.26 Å². The zero-order chi connectivity index (χ0) is 20.1. The summed E-state index contributed by atoms with van der Waals surface area (Å²) in [6.45, 7) is 0. The van der Waals surface area contributed by atoms with Gasteiger partial charge in [-0.3, -0.25) is 10.1 Å². The van der Waals surface area contributed by atoms with E-state index in [1.165, 1.54) is 30.6 Å². The minimum absolute atomic E-state index is 0.00668. The van der Waals surface area contributed by atoms with Gasteiger partial charge in [0.2, 0.25) is 0 Å². The summed E-state index contributed by atoms with van der Waals surface area (Å²) in [5, 5.41) is 22.6. The van der Waals surface area contributed by atoms with Gasteiger partial charge in [0.15, 0.2) is 0 Å². The first-order chi connectivity index (χ1) is 13.5. The average Bonchev–Trinajstić information content (AvgIpc) is 3.22. The lowest BCUT2D eigenvalue weighted by molar-refractivity contribution is -0.384. The van der Waals surface area contributed by atoms with E-state index in [0.29, 0.717) is 21.8 Å². The van der Waals surface area contributed by atoms with Gasteiger partial charge in [-0.25, -0.2) is 9.78 Å². The zero-order valence-corrected chi connectivity index (χ0v) is 15.5. The number of hydrogen-bond acceptors (Lipinski definition) is 7. The molecule has 0 bridgehead atoms. The quantitative estimate of drug-likeness (QED) is 0.273. The molecule has 0 saturated carbocycles. The lowest BCUT2D eigenvalue weighted by Gasteiger charge is -2.00. The molecule has 0 atom stereocenters. The summed E-state index contributed by atoms with van der Waals surface area (Å²) in [6, 6.07) is 14.9. The Morgan fingerprint density at radius 3 is 2.46 bits per heavy atom. The predicted octanol–water partition coefficient (Wildman–Crippen LogP) is 4.57. The smallest absolute Gasteiger partial charge is 0.337 e. The predicted molar refractivity (Wildman–Crippen MR) is 105 cm³/mol. The number of esters is 1. The van der Waals surface area contributed by atoms with Crippen LogP contribution in [0.4, 0.5) is 5.69 Å². The highest BCUT2D eigenvalue weighted by Gasteiger charge is 2.11. The number of benzene rings is 2. The lowest BCUT2D eigenvalue weighted by Crippen LogP contribution is -2.00. The molecular weight excluding hydrogens is 378 g/mol. The normalized spacial score (nSPS) is 10.9. The van der Waals surface area contributed by atoms with E-state index in [1.54, 1.807) is 47.9 Å². The van der Waals surface area contributed by atoms with Crippen molar-refractivity contribution < 1.29 is 14.5 Å². The molecule has 0 amide bonds. The number of non-ortho nitro benzene ring substituents is 1. The first-order valence-electron chi connectivity index (χ1n) is 8.02. The van der Waals surface area contributed by atoms with Crippen LogP contribution in [-0.4, -0.2) is 23.0 Å². The molecule has 3 aromatic rings. The van der Waals surface area contributed by atoms with Crippen molar-refractivity contribution in [2.75, 3.05) is 7.11 Å². The fourth-order valence-corrected chi connectivity index (χ4v) is 3.22. The molecule has 1 heterocycles. The fourth-order valence-electron chi connectivity index (χ4n) is 2.43. The van der Waals surface area contributed by atoms with Crippen LogP contribution in [0.25, 0.3) is 22.9 Å². The Bertz CT molecular complexity index is 1090. The summed E-state index contributed by atoms with van der Waals surface area (Å²) in [5.74, 6) is -0.427. The van der Waals surface area contributed by atoms with Crippen LogP contribution in [0.2, 0.25) is 0 Å². The second kappa shape index (κ2) is 8.24. The van der Waals surface area contributed by atoms with Gasteiger partial charge < -0.3 is 4.74 Å². The van der Waals surface area contributed by atoms with Crippen LogP contribution >= 0.6 is 11.3 Å². The van der Waals surface area contributed by atoms with E-state index in [1.807, 2.05) is 0 Å². The highest BCUT2D eigenvalue weighted by molar-refractivity contribution is 7.11. The Balaban J connectivity index is 1.85. The summed E-state index contributed by atoms with van der Waals surface area (Å²) in [6.07, 6.45) is 1.68. The number of nitriles is 1. The van der Waals surface area contributed by atoms with Crippen LogP contribution in [0.3, 0.4) is 0 Å². The van der Waals surface area contributed by atoms with E-state index in [4.69, 9.17) is 0 Å². The monoisotopic (exact) mass is 391 g/mol. The van der Waals surface area contributed by atoms with E-state index in [-0.39, 0.29) is 5.69 Å². The highest BCUT2D eigenvalue weighted by Crippen LogP contribution is 2.28. The Morgan fingerprint density at radius 1 is 1.21 bits per heavy atom. The van der Waals surface area contributed by atoms with Gasteiger partial charge >= 0.3 is 5.97 Å². The standard InChI is InChI=1S/C20H13N3O4S/c1-27-20(24)15-4-2-13(3-5-15)10-16(11-21)19-22-18(12-28-19)14-6-8-17(9-7-14)23(25)26/h2-10,12H,1H3/b16-10+. The molecule has 0 N–H and O–H groups in total. The number of ether oxygens (including phenoxy) is 1. The van der Waals surface area contributed by atoms with Crippen molar-refractivity contribution in [2.24, 2.45) is 0 Å². The number of nitrogens with zero attached hydrogens (tertiary/aromatic N) is 3. The number of nitro benzene ring substituents is 1. The molecule has 0 fully saturated rings. The van der Waals surface area contributed by atoms with Crippen molar-refractivity contribution in [3.8, 4) is 17.3 Å². The van der Waals surface area contributed by atoms with Gasteiger partial charge in [0.05, 0.1) is 28.9 Å². The molecule has 2 aromatic carbocycles. The number of hydrogen-bond donors (Lipinski definition) is 0. The molecule has 28 heavy (non-hydrogen) atoms. The molecular formula is C20H13N3O4S. The van der Waals surface area contributed by atoms with Gasteiger partial charge in [0, 0.05) is 23.1 Å². The maximum absolute atomic E-state index is 11.5. The Labute approximate surface area is 164 Å². The summed E-state index contributed by atoms with van der Waals surface area (Å²) in [4.78, 5) is 26.2. The Morgan fingerprint density at radius 2 is 1.89 bits per heavy atom. The minimum atomic E-state index is -0.460. The first-order valence-corrected chi connectivity index (χ1v) is 8.90. The van der Waals surface area contributed by atoms with E-state index in [2.05, 4.69) is 15.8 Å². The molecule has 0 aliphatic heterocycles. The second-order valence-electron chi connectivity index (χ2n) is 5.63. The molecule has 0 saturated heterocycles. The second-order valence-corrected chi connectivity index (χ2v) is 6.48. The Kier molecular flexibility index (Phi) is 5.58. The summed E-state index contributed by atoms with van der Waals surface area (Å²) in [7, 11) is 1.31. The van der Waals surface area contributed by atoms with Crippen molar-refractivity contribution >= 4 is 34.6 Å². The molecule has 8 heteroatoms. The highest BCUT2D eigenvalue weighted by atomic mass is 32.1. The molecule has 1 aromatic heterocycles. The summed E-state index contributed by atoms with van der Waals surface area (Å²) < 4.78 is 4.66. The number of aromatic nitrogens is 1. The van der Waals surface area contributed by atoms with Crippen LogP contribution in [0, 0.1) is 21.4 Å². The SMILES string of the molecule is COC(=O)c1ccc(/C=C(\C#N)c2nc(-c3ccc([N+](=O)[O-])cc3)cs2)cc1. The lowest BCUT2D eigenvalue weighted by atomic mass is 10.1. The third kappa shape index (κ3) is 4.11. The third-order valence-electron chi connectivity index (χ3n) is 3.87. The first kappa shape index (κ1) is 18.9. The topological polar surface area (TPSA) is 106 Å². The van der Waals surface area contributed by atoms with Gasteiger partial charge in [0.1, 0.15) is 11.1 Å². The number of rotatable bonds is 5. The zero-order valence-electron chi connectivity index (χ0n) is 14.7. The number of carbonyl (C=O) groups excluding carboxylic acids is 1. The summed E-state index contributed by atoms with van der Waals surface area (Å²) in [5.41, 5.74) is 2.92.